The van der Waals surface area contributed by atoms with Crippen molar-refractivity contribution in [3.8, 4) is 17.2 Å². The summed E-state index contributed by atoms with van der Waals surface area (Å²) in [4.78, 5) is 12.3. The van der Waals surface area contributed by atoms with E-state index in [0.29, 0.717) is 38.3 Å². The van der Waals surface area contributed by atoms with Gasteiger partial charge in [-0.3, -0.25) is 4.79 Å². The van der Waals surface area contributed by atoms with Crippen LogP contribution >= 0.6 is 0 Å². The fourth-order valence-electron chi connectivity index (χ4n) is 3.29. The van der Waals surface area contributed by atoms with E-state index >= 15 is 0 Å². The zero-order chi connectivity index (χ0) is 21.3. The first kappa shape index (κ1) is 21.4. The Labute approximate surface area is 177 Å². The average molecular weight is 408 g/mol. The number of benzene rings is 2. The summed E-state index contributed by atoms with van der Waals surface area (Å²) in [6.07, 6.45) is 1.04. The number of rotatable bonds is 10. The molecule has 0 aliphatic heterocycles. The Morgan fingerprint density at radius 2 is 1.67 bits per heavy atom. The van der Waals surface area contributed by atoms with Gasteiger partial charge in [-0.2, -0.15) is 5.10 Å². The molecule has 2 aromatic carbocycles. The highest BCUT2D eigenvalue weighted by atomic mass is 16.5. The van der Waals surface area contributed by atoms with E-state index in [1.807, 2.05) is 80.1 Å². The van der Waals surface area contributed by atoms with Crippen LogP contribution in [0.15, 0.2) is 54.6 Å². The van der Waals surface area contributed by atoms with Crippen LogP contribution in [0.3, 0.4) is 0 Å². The van der Waals surface area contributed by atoms with Gasteiger partial charge in [0.25, 0.3) is 0 Å². The third-order valence-electron chi connectivity index (χ3n) is 4.86. The lowest BCUT2D eigenvalue weighted by Crippen LogP contribution is -2.23. The van der Waals surface area contributed by atoms with Crippen molar-refractivity contribution in [3.63, 3.8) is 0 Å². The number of nitrogens with one attached hydrogen (secondary N) is 1. The second-order valence-corrected chi connectivity index (χ2v) is 7.01. The summed E-state index contributed by atoms with van der Waals surface area (Å²) in [6, 6.07) is 17.6. The van der Waals surface area contributed by atoms with Gasteiger partial charge in [-0.1, -0.05) is 30.3 Å². The Morgan fingerprint density at radius 1 is 1.00 bits per heavy atom. The molecule has 0 fully saturated rings. The molecule has 0 unspecified atom stereocenters. The van der Waals surface area contributed by atoms with Crippen molar-refractivity contribution in [2.24, 2.45) is 0 Å². The van der Waals surface area contributed by atoms with Crippen LogP contribution in [0.1, 0.15) is 36.7 Å². The van der Waals surface area contributed by atoms with Crippen LogP contribution in [0.4, 0.5) is 0 Å². The maximum absolute atomic E-state index is 12.3. The van der Waals surface area contributed by atoms with Gasteiger partial charge in [-0.05, 0) is 51.5 Å². The largest absolute Gasteiger partial charge is 0.490 e. The van der Waals surface area contributed by atoms with Crippen LogP contribution in [0.25, 0.3) is 5.69 Å². The van der Waals surface area contributed by atoms with Gasteiger partial charge in [0.1, 0.15) is 0 Å². The Morgan fingerprint density at radius 3 is 2.37 bits per heavy atom. The lowest BCUT2D eigenvalue weighted by atomic mass is 10.2. The van der Waals surface area contributed by atoms with Gasteiger partial charge in [-0.15, -0.1) is 0 Å². The first-order chi connectivity index (χ1) is 14.6. The van der Waals surface area contributed by atoms with Crippen molar-refractivity contribution in [1.29, 1.82) is 0 Å². The summed E-state index contributed by atoms with van der Waals surface area (Å²) in [6.45, 7) is 7.45. The van der Waals surface area contributed by atoms with Gasteiger partial charge in [0.2, 0.25) is 5.91 Å². The molecular formula is C24H29N3O3. The highest BCUT2D eigenvalue weighted by Gasteiger charge is 2.13. The maximum atomic E-state index is 12.3. The summed E-state index contributed by atoms with van der Waals surface area (Å²) in [5.41, 5.74) is 4.02. The van der Waals surface area contributed by atoms with Crippen molar-refractivity contribution in [3.05, 3.63) is 71.5 Å². The minimum Gasteiger partial charge on any atom is -0.490 e. The number of aryl methyl sites for hydroxylation is 1. The van der Waals surface area contributed by atoms with Gasteiger partial charge in [0.05, 0.1) is 24.6 Å². The van der Waals surface area contributed by atoms with Crippen molar-refractivity contribution < 1.29 is 14.3 Å². The van der Waals surface area contributed by atoms with Gasteiger partial charge in [0.15, 0.2) is 11.5 Å². The van der Waals surface area contributed by atoms with Gasteiger partial charge in [0, 0.05) is 24.2 Å². The molecule has 6 heteroatoms. The van der Waals surface area contributed by atoms with Gasteiger partial charge in [-0.25, -0.2) is 4.68 Å². The predicted molar refractivity (Wildman–Crippen MR) is 117 cm³/mol. The number of aromatic nitrogens is 2. The Balaban J connectivity index is 1.47. The molecule has 1 amide bonds. The summed E-state index contributed by atoms with van der Waals surface area (Å²) in [5, 5.41) is 7.63. The predicted octanol–water partition coefficient (Wildman–Crippen LogP) is 4.36. The molecule has 0 saturated carbocycles. The minimum atomic E-state index is 0.00274. The Hall–Kier alpha value is -3.28. The molecule has 30 heavy (non-hydrogen) atoms. The molecule has 1 N–H and O–H groups in total. The number of amides is 1. The molecule has 1 heterocycles. The zero-order valence-corrected chi connectivity index (χ0v) is 17.9. The smallest absolute Gasteiger partial charge is 0.220 e. The standard InChI is InChI=1S/C24H29N3O3/c1-4-29-22-13-8-9-14-23(22)30-16-10-15-24(28)25-17-21-18(2)26-27(19(21)3)20-11-6-5-7-12-20/h5-9,11-14H,4,10,15-17H2,1-3H3,(H,25,28). The number of nitrogens with zero attached hydrogens (tertiary/aromatic N) is 2. The molecule has 0 aliphatic carbocycles. The molecule has 0 spiro atoms. The molecule has 3 rings (SSSR count). The molecular weight excluding hydrogens is 378 g/mol. The normalized spacial score (nSPS) is 10.6. The fraction of sp³-hybridized carbons (Fsp3) is 0.333. The highest BCUT2D eigenvalue weighted by molar-refractivity contribution is 5.75. The molecule has 0 aliphatic rings. The third-order valence-corrected chi connectivity index (χ3v) is 4.86. The van der Waals surface area contributed by atoms with E-state index in [-0.39, 0.29) is 5.91 Å². The molecule has 0 saturated heterocycles. The topological polar surface area (TPSA) is 65.4 Å². The average Bonchev–Trinajstić information content (AvgIpc) is 3.05. The lowest BCUT2D eigenvalue weighted by molar-refractivity contribution is -0.121. The number of ether oxygens (including phenoxy) is 2. The number of carbonyl (C=O) groups excluding carboxylic acids is 1. The number of para-hydroxylation sites is 3. The Kier molecular flexibility index (Phi) is 7.49. The van der Waals surface area contributed by atoms with Crippen molar-refractivity contribution >= 4 is 5.91 Å². The quantitative estimate of drug-likeness (QED) is 0.507. The van der Waals surface area contributed by atoms with E-state index in [0.717, 1.165) is 28.4 Å². The number of carbonyl (C=O) groups is 1. The SMILES string of the molecule is CCOc1ccccc1OCCCC(=O)NCc1c(C)nn(-c2ccccc2)c1C. The molecule has 1 aromatic heterocycles. The van der Waals surface area contributed by atoms with E-state index in [2.05, 4.69) is 10.4 Å². The molecule has 6 nitrogen and oxygen atoms in total. The van der Waals surface area contributed by atoms with Crippen LogP contribution in [0, 0.1) is 13.8 Å². The molecule has 0 radical (unpaired) electrons. The van der Waals surface area contributed by atoms with Crippen molar-refractivity contribution in [2.75, 3.05) is 13.2 Å². The molecule has 0 bridgehead atoms. The summed E-state index contributed by atoms with van der Waals surface area (Å²) in [7, 11) is 0. The summed E-state index contributed by atoms with van der Waals surface area (Å²) < 4.78 is 13.2. The van der Waals surface area contributed by atoms with E-state index in [1.165, 1.54) is 0 Å². The molecule has 3 aromatic rings. The monoisotopic (exact) mass is 407 g/mol. The highest BCUT2D eigenvalue weighted by Crippen LogP contribution is 2.26. The summed E-state index contributed by atoms with van der Waals surface area (Å²) in [5.74, 6) is 1.44. The van der Waals surface area contributed by atoms with E-state index in [4.69, 9.17) is 9.47 Å². The van der Waals surface area contributed by atoms with E-state index in [1.54, 1.807) is 0 Å². The van der Waals surface area contributed by atoms with E-state index in [9.17, 15) is 4.79 Å². The van der Waals surface area contributed by atoms with Crippen molar-refractivity contribution in [1.82, 2.24) is 15.1 Å². The van der Waals surface area contributed by atoms with Crippen LogP contribution in [0.2, 0.25) is 0 Å². The minimum absolute atomic E-state index is 0.00274. The van der Waals surface area contributed by atoms with E-state index < -0.39 is 0 Å². The molecule has 158 valence electrons. The molecule has 0 atom stereocenters. The van der Waals surface area contributed by atoms with Gasteiger partial charge >= 0.3 is 0 Å². The summed E-state index contributed by atoms with van der Waals surface area (Å²) >= 11 is 0. The van der Waals surface area contributed by atoms with Gasteiger partial charge < -0.3 is 14.8 Å². The lowest BCUT2D eigenvalue weighted by Gasteiger charge is -2.11. The number of hydrogen-bond acceptors (Lipinski definition) is 4. The first-order valence-corrected chi connectivity index (χ1v) is 10.3. The van der Waals surface area contributed by atoms with Crippen LogP contribution < -0.4 is 14.8 Å². The Bertz CT molecular complexity index is 967. The first-order valence-electron chi connectivity index (χ1n) is 10.3. The maximum Gasteiger partial charge on any atom is 0.220 e. The third kappa shape index (κ3) is 5.41. The second-order valence-electron chi connectivity index (χ2n) is 7.01. The fourth-order valence-corrected chi connectivity index (χ4v) is 3.29. The number of hydrogen-bond donors (Lipinski definition) is 1. The van der Waals surface area contributed by atoms with Crippen LogP contribution in [0.5, 0.6) is 11.5 Å². The van der Waals surface area contributed by atoms with Crippen molar-refractivity contribution in [2.45, 2.75) is 40.2 Å². The zero-order valence-electron chi connectivity index (χ0n) is 17.9. The van der Waals surface area contributed by atoms with Crippen LogP contribution in [-0.4, -0.2) is 28.9 Å². The van der Waals surface area contributed by atoms with Crippen LogP contribution in [-0.2, 0) is 11.3 Å². The second kappa shape index (κ2) is 10.5.